The van der Waals surface area contributed by atoms with Crippen molar-refractivity contribution in [2.24, 2.45) is 14.1 Å². The lowest BCUT2D eigenvalue weighted by Gasteiger charge is -2.07. The summed E-state index contributed by atoms with van der Waals surface area (Å²) in [6.07, 6.45) is 8.50. The molecule has 0 aliphatic rings. The van der Waals surface area contributed by atoms with Crippen molar-refractivity contribution in [2.75, 3.05) is 0 Å². The summed E-state index contributed by atoms with van der Waals surface area (Å²) in [7, 11) is 4.17. The van der Waals surface area contributed by atoms with Crippen LogP contribution in [-0.2, 0) is 27.2 Å². The normalized spacial score (nSPS) is 11.1. The van der Waals surface area contributed by atoms with E-state index in [-0.39, 0.29) is 0 Å². The lowest BCUT2D eigenvalue weighted by Crippen LogP contribution is -2.30. The highest BCUT2D eigenvalue weighted by Gasteiger charge is 2.15. The Morgan fingerprint density at radius 1 is 0.773 bits per heavy atom. The first kappa shape index (κ1) is 14.6. The van der Waals surface area contributed by atoms with Crippen LogP contribution >= 0.6 is 0 Å². The van der Waals surface area contributed by atoms with Crippen molar-refractivity contribution in [2.45, 2.75) is 26.9 Å². The number of rotatable bonds is 4. The third kappa shape index (κ3) is 2.69. The maximum absolute atomic E-state index is 2.29. The number of nitrogens with zero attached hydrogens (tertiary/aromatic N) is 4. The average Bonchev–Trinajstić information content (AvgIpc) is 2.99. The Morgan fingerprint density at radius 2 is 1.18 bits per heavy atom. The lowest BCUT2D eigenvalue weighted by atomic mass is 10.1. The maximum Gasteiger partial charge on any atom is 0.253 e. The zero-order chi connectivity index (χ0) is 15.7. The van der Waals surface area contributed by atoms with Gasteiger partial charge in [0.2, 0.25) is 0 Å². The predicted octanol–water partition coefficient (Wildman–Crippen LogP) is 1.65. The van der Waals surface area contributed by atoms with Gasteiger partial charge in [-0.1, -0.05) is 24.3 Å². The van der Waals surface area contributed by atoms with Crippen molar-refractivity contribution >= 4 is 0 Å². The zero-order valence-electron chi connectivity index (χ0n) is 13.8. The van der Waals surface area contributed by atoms with E-state index in [1.54, 1.807) is 0 Å². The molecule has 0 unspecified atom stereocenters. The monoisotopic (exact) mass is 296 g/mol. The second kappa shape index (κ2) is 5.79. The molecule has 0 atom stereocenters. The Labute approximate surface area is 131 Å². The van der Waals surface area contributed by atoms with Gasteiger partial charge in [0, 0.05) is 25.0 Å². The van der Waals surface area contributed by atoms with Crippen LogP contribution < -0.4 is 9.13 Å². The molecule has 0 radical (unpaired) electrons. The van der Waals surface area contributed by atoms with E-state index >= 15 is 0 Å². The Morgan fingerprint density at radius 3 is 1.50 bits per heavy atom. The summed E-state index contributed by atoms with van der Waals surface area (Å²) in [5, 5.41) is 0. The van der Waals surface area contributed by atoms with Crippen LogP contribution in [0.2, 0.25) is 0 Å². The standard InChI is InChI=1S/C18H24N4/c1-15-19(3)9-11-21(15)13-17-7-5-6-8-18(17)14-22-12-10-20(4)16(22)2/h5-12H,13-14H2,1-4H3/q+2. The largest absolute Gasteiger partial charge is 0.253 e. The van der Waals surface area contributed by atoms with Gasteiger partial charge >= 0.3 is 0 Å². The highest BCUT2D eigenvalue weighted by atomic mass is 15.1. The Bertz CT molecular complexity index is 728. The van der Waals surface area contributed by atoms with Crippen LogP contribution in [0, 0.1) is 13.8 Å². The van der Waals surface area contributed by atoms with Gasteiger partial charge in [-0.2, -0.15) is 0 Å². The molecule has 4 nitrogen and oxygen atoms in total. The minimum absolute atomic E-state index is 0.912. The molecular weight excluding hydrogens is 272 g/mol. The summed E-state index contributed by atoms with van der Waals surface area (Å²) in [4.78, 5) is 0. The molecule has 3 rings (SSSR count). The quantitative estimate of drug-likeness (QED) is 0.652. The molecule has 2 heterocycles. The van der Waals surface area contributed by atoms with Gasteiger partial charge in [0.15, 0.2) is 0 Å². The lowest BCUT2D eigenvalue weighted by molar-refractivity contribution is -0.677. The van der Waals surface area contributed by atoms with Crippen LogP contribution in [0.4, 0.5) is 0 Å². The number of aryl methyl sites for hydroxylation is 2. The average molecular weight is 296 g/mol. The fourth-order valence-corrected chi connectivity index (χ4v) is 2.76. The fraction of sp³-hybridized carbons (Fsp3) is 0.333. The number of aromatic nitrogens is 4. The molecule has 3 aromatic rings. The topological polar surface area (TPSA) is 17.6 Å². The highest BCUT2D eigenvalue weighted by molar-refractivity contribution is 5.28. The Kier molecular flexibility index (Phi) is 3.84. The van der Waals surface area contributed by atoms with Crippen LogP contribution in [0.5, 0.6) is 0 Å². The van der Waals surface area contributed by atoms with Crippen molar-refractivity contribution in [3.8, 4) is 0 Å². The molecule has 4 heteroatoms. The number of hydrogen-bond acceptors (Lipinski definition) is 0. The van der Waals surface area contributed by atoms with Gasteiger partial charge in [-0.25, -0.2) is 18.3 Å². The molecule has 0 saturated heterocycles. The molecule has 0 amide bonds. The molecule has 0 bridgehead atoms. The zero-order valence-corrected chi connectivity index (χ0v) is 13.8. The molecule has 22 heavy (non-hydrogen) atoms. The third-order valence-corrected chi connectivity index (χ3v) is 4.59. The van der Waals surface area contributed by atoms with E-state index in [1.807, 2.05) is 0 Å². The first-order chi connectivity index (χ1) is 10.6. The van der Waals surface area contributed by atoms with Gasteiger partial charge < -0.3 is 0 Å². The first-order valence-corrected chi connectivity index (χ1v) is 7.66. The van der Waals surface area contributed by atoms with Crippen molar-refractivity contribution in [3.05, 3.63) is 71.8 Å². The van der Waals surface area contributed by atoms with Crippen LogP contribution in [0.25, 0.3) is 0 Å². The SMILES string of the molecule is Cc1n(Cc2ccccc2Cn2cc[n+](C)c2C)cc[n+]1C. The third-order valence-electron chi connectivity index (χ3n) is 4.59. The van der Waals surface area contributed by atoms with Crippen molar-refractivity contribution in [1.82, 2.24) is 9.13 Å². The van der Waals surface area contributed by atoms with E-state index in [0.29, 0.717) is 0 Å². The van der Waals surface area contributed by atoms with Gasteiger partial charge in [0.25, 0.3) is 11.6 Å². The fourth-order valence-electron chi connectivity index (χ4n) is 2.76. The van der Waals surface area contributed by atoms with Gasteiger partial charge in [0.05, 0.1) is 14.1 Å². The van der Waals surface area contributed by atoms with E-state index in [9.17, 15) is 0 Å². The van der Waals surface area contributed by atoms with E-state index in [0.717, 1.165) is 13.1 Å². The Hall–Kier alpha value is -2.36. The summed E-state index contributed by atoms with van der Waals surface area (Å²) in [6, 6.07) is 8.71. The summed E-state index contributed by atoms with van der Waals surface area (Å²) in [5.41, 5.74) is 2.75. The van der Waals surface area contributed by atoms with Crippen LogP contribution in [-0.4, -0.2) is 9.13 Å². The molecule has 0 N–H and O–H groups in total. The van der Waals surface area contributed by atoms with E-state index in [1.165, 1.54) is 22.8 Å². The molecule has 0 aliphatic heterocycles. The van der Waals surface area contributed by atoms with E-state index in [2.05, 4.69) is 95.3 Å². The number of imidazole rings is 2. The number of hydrogen-bond donors (Lipinski definition) is 0. The van der Waals surface area contributed by atoms with Crippen molar-refractivity contribution in [3.63, 3.8) is 0 Å². The van der Waals surface area contributed by atoms with E-state index in [4.69, 9.17) is 0 Å². The Balaban J connectivity index is 1.90. The summed E-state index contributed by atoms with van der Waals surface area (Å²) in [6.45, 7) is 6.13. The van der Waals surface area contributed by atoms with Gasteiger partial charge in [-0.3, -0.25) is 0 Å². The van der Waals surface area contributed by atoms with E-state index < -0.39 is 0 Å². The highest BCUT2D eigenvalue weighted by Crippen LogP contribution is 2.13. The molecule has 1 aromatic carbocycles. The minimum atomic E-state index is 0.912. The van der Waals surface area contributed by atoms with Crippen LogP contribution in [0.15, 0.2) is 49.1 Å². The summed E-state index contributed by atoms with van der Waals surface area (Å²) < 4.78 is 8.89. The molecule has 0 spiro atoms. The molecule has 2 aromatic heterocycles. The minimum Gasteiger partial charge on any atom is -0.237 e. The second-order valence-corrected chi connectivity index (χ2v) is 5.94. The predicted molar refractivity (Wildman–Crippen MR) is 85.3 cm³/mol. The van der Waals surface area contributed by atoms with Gasteiger partial charge in [0.1, 0.15) is 37.9 Å². The maximum atomic E-state index is 2.29. The first-order valence-electron chi connectivity index (χ1n) is 7.66. The molecule has 114 valence electrons. The van der Waals surface area contributed by atoms with Crippen LogP contribution in [0.3, 0.4) is 0 Å². The van der Waals surface area contributed by atoms with Crippen molar-refractivity contribution < 1.29 is 9.13 Å². The summed E-state index contributed by atoms with van der Waals surface area (Å²) >= 11 is 0. The van der Waals surface area contributed by atoms with Crippen molar-refractivity contribution in [1.29, 1.82) is 0 Å². The smallest absolute Gasteiger partial charge is 0.237 e. The van der Waals surface area contributed by atoms with Crippen LogP contribution in [0.1, 0.15) is 22.8 Å². The molecule has 0 fully saturated rings. The number of benzene rings is 1. The van der Waals surface area contributed by atoms with Gasteiger partial charge in [-0.05, 0) is 0 Å². The summed E-state index contributed by atoms with van der Waals surface area (Å²) in [5.74, 6) is 2.52. The van der Waals surface area contributed by atoms with Gasteiger partial charge in [-0.15, -0.1) is 0 Å². The molecular formula is C18H24N4+2. The molecule has 0 saturated carbocycles. The molecule has 0 aliphatic carbocycles. The second-order valence-electron chi connectivity index (χ2n) is 5.94.